The van der Waals surface area contributed by atoms with E-state index in [1.54, 1.807) is 12.1 Å². The Morgan fingerprint density at radius 3 is 2.83 bits per heavy atom. The number of hydrogen-bond acceptors (Lipinski definition) is 4. The number of piperidine rings is 1. The summed E-state index contributed by atoms with van der Waals surface area (Å²) in [4.78, 5) is 12.6. The van der Waals surface area contributed by atoms with Gasteiger partial charge in [-0.1, -0.05) is 18.5 Å². The lowest BCUT2D eigenvalue weighted by Gasteiger charge is -2.28. The molecule has 1 aromatic carbocycles. The topological polar surface area (TPSA) is 59.6 Å². The molecule has 0 radical (unpaired) electrons. The number of hydrogen-bond donors (Lipinski definition) is 2. The molecule has 0 bridgehead atoms. The summed E-state index contributed by atoms with van der Waals surface area (Å²) in [6.07, 6.45) is 2.73. The second-order valence-electron chi connectivity index (χ2n) is 6.12. The molecule has 5 nitrogen and oxygen atoms in total. The minimum atomic E-state index is -0.126. The number of carbonyl (C=O) groups is 1. The quantitative estimate of drug-likeness (QED) is 0.788. The van der Waals surface area contributed by atoms with E-state index < -0.39 is 0 Å². The van der Waals surface area contributed by atoms with Crippen molar-refractivity contribution in [1.29, 1.82) is 0 Å². The first kappa shape index (κ1) is 18.9. The fraction of sp³-hybridized carbons (Fsp3) is 0.611. The van der Waals surface area contributed by atoms with Crippen LogP contribution in [0.2, 0.25) is 5.02 Å². The number of amides is 1. The minimum absolute atomic E-state index is 0.126. The molecule has 1 aliphatic heterocycles. The highest BCUT2D eigenvalue weighted by Gasteiger charge is 2.22. The summed E-state index contributed by atoms with van der Waals surface area (Å²) in [6, 6.07) is 3.95. The molecule has 6 heteroatoms. The molecular weight excluding hydrogens is 328 g/mol. The Morgan fingerprint density at radius 2 is 2.17 bits per heavy atom. The molecule has 1 aromatic rings. The zero-order valence-electron chi connectivity index (χ0n) is 14.7. The zero-order chi connectivity index (χ0) is 17.5. The van der Waals surface area contributed by atoms with Crippen LogP contribution in [0.15, 0.2) is 12.1 Å². The Kier molecular flexibility index (Phi) is 7.18. The first-order valence-electron chi connectivity index (χ1n) is 8.68. The number of nitrogens with one attached hydrogen (secondary N) is 2. The van der Waals surface area contributed by atoms with Gasteiger partial charge in [-0.2, -0.15) is 0 Å². The first-order chi connectivity index (χ1) is 11.5. The molecule has 1 fully saturated rings. The fourth-order valence-corrected chi connectivity index (χ4v) is 3.10. The predicted octanol–water partition coefficient (Wildman–Crippen LogP) is 3.40. The van der Waals surface area contributed by atoms with E-state index in [2.05, 4.69) is 17.6 Å². The van der Waals surface area contributed by atoms with E-state index in [0.29, 0.717) is 41.3 Å². The van der Waals surface area contributed by atoms with Gasteiger partial charge in [0.1, 0.15) is 0 Å². The molecule has 0 spiro atoms. The van der Waals surface area contributed by atoms with Crippen LogP contribution in [0.1, 0.15) is 50.4 Å². The molecular formula is C18H27ClN2O3. The summed E-state index contributed by atoms with van der Waals surface area (Å²) in [5.74, 6) is 0.897. The van der Waals surface area contributed by atoms with Crippen LogP contribution in [-0.2, 0) is 0 Å². The van der Waals surface area contributed by atoms with Gasteiger partial charge in [0.15, 0.2) is 11.5 Å². The zero-order valence-corrected chi connectivity index (χ0v) is 15.4. The molecule has 1 aliphatic rings. The molecule has 2 unspecified atom stereocenters. The summed E-state index contributed by atoms with van der Waals surface area (Å²) < 4.78 is 11.3. The van der Waals surface area contributed by atoms with Crippen molar-refractivity contribution in [1.82, 2.24) is 10.6 Å². The highest BCUT2D eigenvalue weighted by molar-refractivity contribution is 6.32. The van der Waals surface area contributed by atoms with Gasteiger partial charge in [0, 0.05) is 17.6 Å². The van der Waals surface area contributed by atoms with Gasteiger partial charge in [0.2, 0.25) is 0 Å². The molecule has 2 atom stereocenters. The Balaban J connectivity index is 2.15. The number of benzene rings is 1. The molecule has 0 aliphatic carbocycles. The Hall–Kier alpha value is -1.46. The van der Waals surface area contributed by atoms with Gasteiger partial charge >= 0.3 is 0 Å². The standard InChI is InChI=1S/C18H27ClN2O3/c1-4-8-24-17-15(19)10-13(11-16(17)23-5-2)18(22)21-14-6-7-20-12(3)9-14/h10-12,14,20H,4-9H2,1-3H3,(H,21,22). The molecule has 1 amide bonds. The third kappa shape index (κ3) is 5.02. The van der Waals surface area contributed by atoms with Gasteiger partial charge in [0.05, 0.1) is 18.2 Å². The maximum atomic E-state index is 12.6. The van der Waals surface area contributed by atoms with Gasteiger partial charge in [-0.25, -0.2) is 0 Å². The van der Waals surface area contributed by atoms with Crippen molar-refractivity contribution in [3.63, 3.8) is 0 Å². The molecule has 0 aromatic heterocycles. The lowest BCUT2D eigenvalue weighted by atomic mass is 10.00. The predicted molar refractivity (Wildman–Crippen MR) is 96.4 cm³/mol. The summed E-state index contributed by atoms with van der Waals surface area (Å²) >= 11 is 6.32. The van der Waals surface area contributed by atoms with Gasteiger partial charge in [-0.3, -0.25) is 4.79 Å². The van der Waals surface area contributed by atoms with Gasteiger partial charge in [0.25, 0.3) is 5.91 Å². The molecule has 1 heterocycles. The summed E-state index contributed by atoms with van der Waals surface area (Å²) in [7, 11) is 0. The van der Waals surface area contributed by atoms with E-state index in [1.165, 1.54) is 0 Å². The van der Waals surface area contributed by atoms with Crippen molar-refractivity contribution in [3.05, 3.63) is 22.7 Å². The Labute approximate surface area is 149 Å². The van der Waals surface area contributed by atoms with Crippen LogP contribution in [-0.4, -0.2) is 37.7 Å². The van der Waals surface area contributed by atoms with Crippen LogP contribution in [0.4, 0.5) is 0 Å². The van der Waals surface area contributed by atoms with Gasteiger partial charge < -0.3 is 20.1 Å². The lowest BCUT2D eigenvalue weighted by Crippen LogP contribution is -2.46. The second kappa shape index (κ2) is 9.14. The molecule has 0 saturated carbocycles. The van der Waals surface area contributed by atoms with Crippen LogP contribution in [0.5, 0.6) is 11.5 Å². The molecule has 2 N–H and O–H groups in total. The SMILES string of the molecule is CCCOc1c(Cl)cc(C(=O)NC2CCNC(C)C2)cc1OCC. The number of halogens is 1. The fourth-order valence-electron chi connectivity index (χ4n) is 2.84. The van der Waals surface area contributed by atoms with E-state index >= 15 is 0 Å². The van der Waals surface area contributed by atoms with E-state index in [0.717, 1.165) is 25.8 Å². The van der Waals surface area contributed by atoms with Crippen LogP contribution >= 0.6 is 11.6 Å². The van der Waals surface area contributed by atoms with Crippen LogP contribution in [0, 0.1) is 0 Å². The van der Waals surface area contributed by atoms with Crippen LogP contribution in [0.25, 0.3) is 0 Å². The third-order valence-corrected chi connectivity index (χ3v) is 4.26. The van der Waals surface area contributed by atoms with Gasteiger partial charge in [-0.05, 0) is 51.8 Å². The maximum Gasteiger partial charge on any atom is 0.251 e. The van der Waals surface area contributed by atoms with Crippen molar-refractivity contribution in [2.75, 3.05) is 19.8 Å². The number of ether oxygens (including phenoxy) is 2. The molecule has 134 valence electrons. The maximum absolute atomic E-state index is 12.6. The summed E-state index contributed by atoms with van der Waals surface area (Å²) in [6.45, 7) is 7.99. The highest BCUT2D eigenvalue weighted by Crippen LogP contribution is 2.36. The van der Waals surface area contributed by atoms with Gasteiger partial charge in [-0.15, -0.1) is 0 Å². The van der Waals surface area contributed by atoms with E-state index in [1.807, 2.05) is 13.8 Å². The number of carbonyl (C=O) groups excluding carboxylic acids is 1. The van der Waals surface area contributed by atoms with E-state index in [-0.39, 0.29) is 11.9 Å². The van der Waals surface area contributed by atoms with Crippen molar-refractivity contribution >= 4 is 17.5 Å². The summed E-state index contributed by atoms with van der Waals surface area (Å²) in [5, 5.41) is 6.87. The smallest absolute Gasteiger partial charge is 0.251 e. The van der Waals surface area contributed by atoms with Crippen molar-refractivity contribution in [3.8, 4) is 11.5 Å². The molecule has 1 saturated heterocycles. The Morgan fingerprint density at radius 1 is 1.38 bits per heavy atom. The number of rotatable bonds is 7. The molecule has 2 rings (SSSR count). The Bertz CT molecular complexity index is 565. The largest absolute Gasteiger partial charge is 0.490 e. The third-order valence-electron chi connectivity index (χ3n) is 3.98. The average molecular weight is 355 g/mol. The second-order valence-corrected chi connectivity index (χ2v) is 6.52. The van der Waals surface area contributed by atoms with Crippen molar-refractivity contribution in [2.45, 2.75) is 52.1 Å². The molecule has 24 heavy (non-hydrogen) atoms. The first-order valence-corrected chi connectivity index (χ1v) is 9.06. The van der Waals surface area contributed by atoms with Crippen molar-refractivity contribution in [2.24, 2.45) is 0 Å². The highest BCUT2D eigenvalue weighted by atomic mass is 35.5. The van der Waals surface area contributed by atoms with Crippen molar-refractivity contribution < 1.29 is 14.3 Å². The lowest BCUT2D eigenvalue weighted by molar-refractivity contribution is 0.0925. The normalized spacial score (nSPS) is 20.5. The minimum Gasteiger partial charge on any atom is -0.490 e. The van der Waals surface area contributed by atoms with E-state index in [9.17, 15) is 4.79 Å². The summed E-state index contributed by atoms with van der Waals surface area (Å²) in [5.41, 5.74) is 0.499. The van der Waals surface area contributed by atoms with Crippen LogP contribution in [0.3, 0.4) is 0 Å². The van der Waals surface area contributed by atoms with Crippen LogP contribution < -0.4 is 20.1 Å². The van der Waals surface area contributed by atoms with E-state index in [4.69, 9.17) is 21.1 Å². The monoisotopic (exact) mass is 354 g/mol. The average Bonchev–Trinajstić information content (AvgIpc) is 2.54.